The molecular formula is C16H17BrINO. The normalized spacial score (nSPS) is 12.2. The van der Waals surface area contributed by atoms with Crippen molar-refractivity contribution in [2.24, 2.45) is 5.73 Å². The van der Waals surface area contributed by atoms with Crippen LogP contribution in [0.15, 0.2) is 40.9 Å². The lowest BCUT2D eigenvalue weighted by Crippen LogP contribution is -2.15. The Morgan fingerprint density at radius 2 is 2.00 bits per heavy atom. The molecule has 2 aromatic rings. The average Bonchev–Trinajstić information content (AvgIpc) is 2.41. The highest BCUT2D eigenvalue weighted by Crippen LogP contribution is 2.28. The minimum atomic E-state index is -0.0462. The molecule has 0 amide bonds. The van der Waals surface area contributed by atoms with Gasteiger partial charge in [0.25, 0.3) is 0 Å². The Morgan fingerprint density at radius 3 is 2.70 bits per heavy atom. The van der Waals surface area contributed by atoms with Crippen molar-refractivity contribution in [1.82, 2.24) is 0 Å². The van der Waals surface area contributed by atoms with Crippen LogP contribution in [0.5, 0.6) is 5.75 Å². The van der Waals surface area contributed by atoms with Crippen molar-refractivity contribution < 1.29 is 4.74 Å². The quantitative estimate of drug-likeness (QED) is 0.697. The van der Waals surface area contributed by atoms with Gasteiger partial charge in [-0.2, -0.15) is 0 Å². The number of aryl methyl sites for hydroxylation is 1. The molecule has 1 unspecified atom stereocenters. The molecule has 0 radical (unpaired) electrons. The monoisotopic (exact) mass is 445 g/mol. The van der Waals surface area contributed by atoms with Gasteiger partial charge in [0, 0.05) is 14.1 Å². The maximum absolute atomic E-state index is 6.39. The highest BCUT2D eigenvalue weighted by molar-refractivity contribution is 14.1. The molecule has 0 aliphatic rings. The second kappa shape index (κ2) is 6.91. The molecule has 1 atom stereocenters. The van der Waals surface area contributed by atoms with Gasteiger partial charge in [0.1, 0.15) is 5.75 Å². The molecule has 0 fully saturated rings. The molecule has 0 saturated carbocycles. The summed E-state index contributed by atoms with van der Waals surface area (Å²) in [7, 11) is 1.70. The Bertz CT molecular complexity index is 615. The Kier molecular flexibility index (Phi) is 5.46. The molecule has 2 rings (SSSR count). The minimum absolute atomic E-state index is 0.0462. The van der Waals surface area contributed by atoms with Gasteiger partial charge < -0.3 is 10.5 Å². The van der Waals surface area contributed by atoms with Crippen LogP contribution in [-0.4, -0.2) is 7.11 Å². The van der Waals surface area contributed by atoms with E-state index >= 15 is 0 Å². The first-order valence-electron chi connectivity index (χ1n) is 6.35. The number of rotatable bonds is 4. The van der Waals surface area contributed by atoms with Crippen LogP contribution >= 0.6 is 38.5 Å². The van der Waals surface area contributed by atoms with Crippen molar-refractivity contribution in [3.05, 3.63) is 61.1 Å². The lowest BCUT2D eigenvalue weighted by atomic mass is 9.98. The number of nitrogens with two attached hydrogens (primary N) is 1. The first-order valence-corrected chi connectivity index (χ1v) is 8.22. The Morgan fingerprint density at radius 1 is 1.25 bits per heavy atom. The zero-order valence-electron chi connectivity index (χ0n) is 11.5. The number of methoxy groups -OCH3 is 1. The summed E-state index contributed by atoms with van der Waals surface area (Å²) in [6.45, 7) is 2.08. The summed E-state index contributed by atoms with van der Waals surface area (Å²) >= 11 is 5.83. The van der Waals surface area contributed by atoms with Crippen molar-refractivity contribution in [2.75, 3.05) is 7.11 Å². The second-order valence-corrected chi connectivity index (χ2v) is 6.87. The number of hydrogen-bond acceptors (Lipinski definition) is 2. The molecule has 0 aliphatic heterocycles. The topological polar surface area (TPSA) is 35.2 Å². The first kappa shape index (κ1) is 15.8. The second-order valence-electron chi connectivity index (χ2n) is 4.79. The summed E-state index contributed by atoms with van der Waals surface area (Å²) in [5, 5.41) is 0. The SMILES string of the molecule is COc1ccc(C)cc1CC(N)c1cc(Br)ccc1I. The first-order chi connectivity index (χ1) is 9.51. The smallest absolute Gasteiger partial charge is 0.122 e. The minimum Gasteiger partial charge on any atom is -0.496 e. The van der Waals surface area contributed by atoms with Crippen LogP contribution < -0.4 is 10.5 Å². The van der Waals surface area contributed by atoms with Gasteiger partial charge in [0.05, 0.1) is 7.11 Å². The summed E-state index contributed by atoms with van der Waals surface area (Å²) in [6.07, 6.45) is 0.761. The van der Waals surface area contributed by atoms with Gasteiger partial charge >= 0.3 is 0 Å². The highest BCUT2D eigenvalue weighted by atomic mass is 127. The highest BCUT2D eigenvalue weighted by Gasteiger charge is 2.14. The molecular weight excluding hydrogens is 429 g/mol. The molecule has 0 heterocycles. The number of benzene rings is 2. The van der Waals surface area contributed by atoms with Gasteiger partial charge in [-0.1, -0.05) is 33.6 Å². The van der Waals surface area contributed by atoms with Crippen molar-refractivity contribution in [2.45, 2.75) is 19.4 Å². The summed E-state index contributed by atoms with van der Waals surface area (Å²) in [4.78, 5) is 0. The molecule has 0 bridgehead atoms. The third kappa shape index (κ3) is 3.74. The van der Waals surface area contributed by atoms with Crippen molar-refractivity contribution in [3.63, 3.8) is 0 Å². The number of halogens is 2. The zero-order valence-corrected chi connectivity index (χ0v) is 15.2. The predicted octanol–water partition coefficient (Wildman–Crippen LogP) is 4.61. The van der Waals surface area contributed by atoms with E-state index in [0.29, 0.717) is 0 Å². The van der Waals surface area contributed by atoms with Crippen molar-refractivity contribution in [1.29, 1.82) is 0 Å². The molecule has 106 valence electrons. The van der Waals surface area contributed by atoms with Crippen LogP contribution in [0.3, 0.4) is 0 Å². The Hall–Kier alpha value is -0.590. The van der Waals surface area contributed by atoms with E-state index in [1.807, 2.05) is 12.1 Å². The van der Waals surface area contributed by atoms with E-state index in [9.17, 15) is 0 Å². The lowest BCUT2D eigenvalue weighted by Gasteiger charge is -2.17. The largest absolute Gasteiger partial charge is 0.496 e. The molecule has 0 aliphatic carbocycles. The molecule has 2 nitrogen and oxygen atoms in total. The van der Waals surface area contributed by atoms with Crippen LogP contribution in [0.1, 0.15) is 22.7 Å². The molecule has 0 saturated heterocycles. The lowest BCUT2D eigenvalue weighted by molar-refractivity contribution is 0.408. The van der Waals surface area contributed by atoms with Gasteiger partial charge in [-0.3, -0.25) is 0 Å². The zero-order chi connectivity index (χ0) is 14.7. The average molecular weight is 446 g/mol. The van der Waals surface area contributed by atoms with E-state index in [4.69, 9.17) is 10.5 Å². The summed E-state index contributed by atoms with van der Waals surface area (Å²) in [6, 6.07) is 12.4. The summed E-state index contributed by atoms with van der Waals surface area (Å²) < 4.78 is 7.66. The van der Waals surface area contributed by atoms with Gasteiger partial charge in [-0.15, -0.1) is 0 Å². The number of hydrogen-bond donors (Lipinski definition) is 1. The van der Waals surface area contributed by atoms with Crippen LogP contribution in [0.4, 0.5) is 0 Å². The standard InChI is InChI=1S/C16H17BrINO/c1-10-3-6-16(20-2)11(7-10)8-15(19)13-9-12(17)4-5-14(13)18/h3-7,9,15H,8,19H2,1-2H3. The van der Waals surface area contributed by atoms with Gasteiger partial charge in [0.2, 0.25) is 0 Å². The maximum atomic E-state index is 6.39. The fourth-order valence-electron chi connectivity index (χ4n) is 2.21. The van der Waals surface area contributed by atoms with Crippen LogP contribution in [0.25, 0.3) is 0 Å². The van der Waals surface area contributed by atoms with E-state index in [2.05, 4.69) is 69.7 Å². The van der Waals surface area contributed by atoms with Gasteiger partial charge in [-0.25, -0.2) is 0 Å². The van der Waals surface area contributed by atoms with Crippen LogP contribution in [0, 0.1) is 10.5 Å². The summed E-state index contributed by atoms with van der Waals surface area (Å²) in [5.74, 6) is 0.899. The fourth-order valence-corrected chi connectivity index (χ4v) is 3.33. The maximum Gasteiger partial charge on any atom is 0.122 e. The van der Waals surface area contributed by atoms with Crippen LogP contribution in [-0.2, 0) is 6.42 Å². The predicted molar refractivity (Wildman–Crippen MR) is 95.2 cm³/mol. The molecule has 0 aromatic heterocycles. The summed E-state index contributed by atoms with van der Waals surface area (Å²) in [5.41, 5.74) is 9.91. The Labute approximate surface area is 142 Å². The van der Waals surface area contributed by atoms with Gasteiger partial charge in [0.15, 0.2) is 0 Å². The van der Waals surface area contributed by atoms with E-state index in [0.717, 1.165) is 27.8 Å². The molecule has 20 heavy (non-hydrogen) atoms. The van der Waals surface area contributed by atoms with E-state index < -0.39 is 0 Å². The fraction of sp³-hybridized carbons (Fsp3) is 0.250. The van der Waals surface area contributed by atoms with Crippen molar-refractivity contribution >= 4 is 38.5 Å². The van der Waals surface area contributed by atoms with Gasteiger partial charge in [-0.05, 0) is 71.3 Å². The molecule has 4 heteroatoms. The van der Waals surface area contributed by atoms with Crippen LogP contribution in [0.2, 0.25) is 0 Å². The molecule has 2 aromatic carbocycles. The van der Waals surface area contributed by atoms with Crippen molar-refractivity contribution in [3.8, 4) is 5.75 Å². The van der Waals surface area contributed by atoms with E-state index in [-0.39, 0.29) is 6.04 Å². The Balaban J connectivity index is 2.29. The third-order valence-electron chi connectivity index (χ3n) is 3.23. The molecule has 0 spiro atoms. The van der Waals surface area contributed by atoms with E-state index in [1.54, 1.807) is 7.11 Å². The van der Waals surface area contributed by atoms with E-state index in [1.165, 1.54) is 9.13 Å². The third-order valence-corrected chi connectivity index (χ3v) is 4.71. The molecule has 2 N–H and O–H groups in total. The number of ether oxygens (including phenoxy) is 1.